The van der Waals surface area contributed by atoms with Gasteiger partial charge in [-0.3, -0.25) is 0 Å². The highest BCUT2D eigenvalue weighted by atomic mass is 16.5. The number of benzene rings is 1. The quantitative estimate of drug-likeness (QED) is 0.430. The first-order valence-corrected chi connectivity index (χ1v) is 10.1. The Kier molecular flexibility index (Phi) is 7.20. The molecule has 0 aromatic heterocycles. The second-order valence-electron chi connectivity index (χ2n) is 7.13. The second-order valence-corrected chi connectivity index (χ2v) is 7.13. The van der Waals surface area contributed by atoms with Crippen LogP contribution < -0.4 is 0 Å². The average molecular weight is 468 g/mol. The predicted molar refractivity (Wildman–Crippen MR) is 118 cm³/mol. The van der Waals surface area contributed by atoms with Gasteiger partial charge in [0, 0.05) is 12.7 Å². The number of allylic oxidation sites excluding steroid dienone is 1. The molecular formula is C24H24N2O8. The summed E-state index contributed by atoms with van der Waals surface area (Å²) in [4.78, 5) is 54.9. The fourth-order valence-corrected chi connectivity index (χ4v) is 3.91. The molecule has 0 amide bonds. The van der Waals surface area contributed by atoms with Crippen molar-refractivity contribution in [2.45, 2.75) is 12.6 Å². The van der Waals surface area contributed by atoms with Crippen molar-refractivity contribution in [3.8, 4) is 0 Å². The van der Waals surface area contributed by atoms with Crippen LogP contribution in [0.3, 0.4) is 0 Å². The number of esters is 4. The number of hydrogen-bond donors (Lipinski definition) is 0. The van der Waals surface area contributed by atoms with Crippen LogP contribution in [0.2, 0.25) is 0 Å². The molecular weight excluding hydrogens is 444 g/mol. The molecule has 2 heterocycles. The van der Waals surface area contributed by atoms with Crippen LogP contribution in [0.1, 0.15) is 5.56 Å². The van der Waals surface area contributed by atoms with E-state index in [1.165, 1.54) is 11.0 Å². The second kappa shape index (κ2) is 10.1. The molecule has 0 fully saturated rings. The van der Waals surface area contributed by atoms with Gasteiger partial charge in [0.15, 0.2) is 6.04 Å². The average Bonchev–Trinajstić information content (AvgIpc) is 3.23. The highest BCUT2D eigenvalue weighted by Gasteiger charge is 2.51. The minimum atomic E-state index is -1.46. The Morgan fingerprint density at radius 2 is 1.47 bits per heavy atom. The Bertz CT molecular complexity index is 1130. The Balaban J connectivity index is 2.41. The van der Waals surface area contributed by atoms with Crippen molar-refractivity contribution in [2.75, 3.05) is 28.4 Å². The molecule has 178 valence electrons. The molecule has 10 heteroatoms. The number of carbonyl (C=O) groups excluding carboxylic acids is 4. The molecule has 0 aliphatic carbocycles. The molecule has 34 heavy (non-hydrogen) atoms. The number of methoxy groups -OCH3 is 4. The lowest BCUT2D eigenvalue weighted by Crippen LogP contribution is -2.49. The highest BCUT2D eigenvalue weighted by molar-refractivity contribution is 6.15. The third-order valence-electron chi connectivity index (χ3n) is 5.35. The number of fused-ring (bicyclic) bond motifs is 1. The van der Waals surface area contributed by atoms with E-state index in [0.29, 0.717) is 5.70 Å². The SMILES string of the molecule is C=CC1=CN(Cc2ccccc2)C2=C(C(=O)OC)C(C(=O)OC)=C(C(=O)OC)C(C(=O)OC)N12. The van der Waals surface area contributed by atoms with Crippen molar-refractivity contribution in [1.29, 1.82) is 0 Å². The van der Waals surface area contributed by atoms with Crippen molar-refractivity contribution in [1.82, 2.24) is 9.80 Å². The first-order chi connectivity index (χ1) is 16.3. The summed E-state index contributed by atoms with van der Waals surface area (Å²) in [6.45, 7) is 4.06. The van der Waals surface area contributed by atoms with Gasteiger partial charge in [-0.25, -0.2) is 19.2 Å². The van der Waals surface area contributed by atoms with E-state index < -0.39 is 41.1 Å². The fourth-order valence-electron chi connectivity index (χ4n) is 3.91. The molecule has 0 N–H and O–H groups in total. The van der Waals surface area contributed by atoms with Crippen molar-refractivity contribution >= 4 is 23.9 Å². The van der Waals surface area contributed by atoms with Crippen molar-refractivity contribution in [2.24, 2.45) is 0 Å². The van der Waals surface area contributed by atoms with Crippen molar-refractivity contribution in [3.05, 3.63) is 83.0 Å². The zero-order valence-corrected chi connectivity index (χ0v) is 19.2. The normalized spacial score (nSPS) is 17.1. The van der Waals surface area contributed by atoms with Crippen LogP contribution in [0.4, 0.5) is 0 Å². The van der Waals surface area contributed by atoms with E-state index in [2.05, 4.69) is 6.58 Å². The number of hydrogen-bond acceptors (Lipinski definition) is 10. The van der Waals surface area contributed by atoms with Crippen LogP contribution in [0, 0.1) is 0 Å². The molecule has 0 bridgehead atoms. The van der Waals surface area contributed by atoms with Gasteiger partial charge in [0.2, 0.25) is 0 Å². The lowest BCUT2D eigenvalue weighted by molar-refractivity contribution is -0.148. The topological polar surface area (TPSA) is 112 Å². The molecule has 0 spiro atoms. The van der Waals surface area contributed by atoms with Crippen LogP contribution in [-0.2, 0) is 44.7 Å². The highest BCUT2D eigenvalue weighted by Crippen LogP contribution is 2.43. The Hall–Kier alpha value is -4.34. The Morgan fingerprint density at radius 3 is 2.00 bits per heavy atom. The minimum Gasteiger partial charge on any atom is -0.467 e. The lowest BCUT2D eigenvalue weighted by atomic mass is 9.89. The van der Waals surface area contributed by atoms with Gasteiger partial charge < -0.3 is 28.7 Å². The molecule has 1 unspecified atom stereocenters. The molecule has 3 rings (SSSR count). The lowest BCUT2D eigenvalue weighted by Gasteiger charge is -2.38. The van der Waals surface area contributed by atoms with E-state index >= 15 is 0 Å². The molecule has 2 aliphatic heterocycles. The maximum Gasteiger partial charge on any atom is 0.342 e. The van der Waals surface area contributed by atoms with Crippen LogP contribution in [0.25, 0.3) is 0 Å². The monoisotopic (exact) mass is 468 g/mol. The van der Waals surface area contributed by atoms with Gasteiger partial charge in [-0.1, -0.05) is 36.9 Å². The van der Waals surface area contributed by atoms with E-state index in [-0.39, 0.29) is 17.9 Å². The van der Waals surface area contributed by atoms with E-state index in [4.69, 9.17) is 18.9 Å². The first-order valence-electron chi connectivity index (χ1n) is 10.1. The van der Waals surface area contributed by atoms with Crippen LogP contribution in [0.15, 0.2) is 77.4 Å². The summed E-state index contributed by atoms with van der Waals surface area (Å²) in [5, 5.41) is 0. The first kappa shape index (κ1) is 24.3. The number of rotatable bonds is 7. The van der Waals surface area contributed by atoms with Gasteiger partial charge in [0.1, 0.15) is 11.4 Å². The van der Waals surface area contributed by atoms with Crippen molar-refractivity contribution < 1.29 is 38.1 Å². The van der Waals surface area contributed by atoms with E-state index in [0.717, 1.165) is 34.0 Å². The van der Waals surface area contributed by atoms with E-state index in [1.807, 2.05) is 30.3 Å². The van der Waals surface area contributed by atoms with Gasteiger partial charge in [-0.15, -0.1) is 0 Å². The molecule has 0 saturated heterocycles. The van der Waals surface area contributed by atoms with E-state index in [1.54, 1.807) is 11.1 Å². The summed E-state index contributed by atoms with van der Waals surface area (Å²) >= 11 is 0. The summed E-state index contributed by atoms with van der Waals surface area (Å²) in [5.74, 6) is -3.68. The molecule has 0 radical (unpaired) electrons. The van der Waals surface area contributed by atoms with E-state index in [9.17, 15) is 19.2 Å². The maximum absolute atomic E-state index is 13.0. The molecule has 1 aromatic rings. The summed E-state index contributed by atoms with van der Waals surface area (Å²) in [5.41, 5.74) is 0.129. The van der Waals surface area contributed by atoms with Gasteiger partial charge >= 0.3 is 23.9 Å². The summed E-state index contributed by atoms with van der Waals surface area (Å²) in [6, 6.07) is 7.85. The van der Waals surface area contributed by atoms with Crippen LogP contribution in [-0.4, -0.2) is 68.2 Å². The molecule has 2 aliphatic rings. The van der Waals surface area contributed by atoms with Crippen LogP contribution in [0.5, 0.6) is 0 Å². The largest absolute Gasteiger partial charge is 0.467 e. The Morgan fingerprint density at radius 1 is 0.882 bits per heavy atom. The Labute approximate surface area is 196 Å². The van der Waals surface area contributed by atoms with Gasteiger partial charge in [0.25, 0.3) is 0 Å². The minimum absolute atomic E-state index is 0.133. The van der Waals surface area contributed by atoms with Gasteiger partial charge in [0.05, 0.1) is 45.3 Å². The summed E-state index contributed by atoms with van der Waals surface area (Å²) in [7, 11) is 4.46. The third-order valence-corrected chi connectivity index (χ3v) is 5.35. The fraction of sp³-hybridized carbons (Fsp3) is 0.250. The third kappa shape index (κ3) is 4.05. The van der Waals surface area contributed by atoms with Crippen LogP contribution >= 0.6 is 0 Å². The zero-order chi connectivity index (χ0) is 25.0. The standard InChI is InChI=1S/C24H24N2O8/c1-6-15-13-25(12-14-10-8-7-9-11-14)20-18(23(29)33-4)16(21(27)31-2)17(22(28)32-3)19(26(15)20)24(30)34-5/h6-11,13,19H,1,12H2,2-5H3. The predicted octanol–water partition coefficient (Wildman–Crippen LogP) is 1.41. The summed E-state index contributed by atoms with van der Waals surface area (Å²) < 4.78 is 19.7. The zero-order valence-electron chi connectivity index (χ0n) is 19.2. The molecule has 1 aromatic carbocycles. The number of carbonyl (C=O) groups is 4. The maximum atomic E-state index is 13.0. The van der Waals surface area contributed by atoms with Gasteiger partial charge in [-0.05, 0) is 11.6 Å². The summed E-state index contributed by atoms with van der Waals surface area (Å²) in [6.07, 6.45) is 3.09. The molecule has 1 atom stereocenters. The van der Waals surface area contributed by atoms with Gasteiger partial charge in [-0.2, -0.15) is 0 Å². The number of nitrogens with zero attached hydrogens (tertiary/aromatic N) is 2. The smallest absolute Gasteiger partial charge is 0.342 e. The molecule has 0 saturated carbocycles. The van der Waals surface area contributed by atoms with Crippen molar-refractivity contribution in [3.63, 3.8) is 0 Å². The number of ether oxygens (including phenoxy) is 4. The molecule has 10 nitrogen and oxygen atoms in total.